The van der Waals surface area contributed by atoms with Crippen LogP contribution in [0, 0.1) is 6.92 Å². The lowest BCUT2D eigenvalue weighted by molar-refractivity contribution is -0.192. The number of H-pyrrole nitrogens is 1. The molecule has 5 aromatic rings. The minimum Gasteiger partial charge on any atom is -0.475 e. The minimum absolute atomic E-state index is 0.340. The van der Waals surface area contributed by atoms with Crippen LogP contribution in [-0.2, 0) is 4.79 Å². The molecule has 3 heterocycles. The Morgan fingerprint density at radius 2 is 1.67 bits per heavy atom. The number of carbonyl (C=O) groups excluding carboxylic acids is 1. The predicted molar refractivity (Wildman–Crippen MR) is 124 cm³/mol. The summed E-state index contributed by atoms with van der Waals surface area (Å²) in [4.78, 5) is 37.0. The van der Waals surface area contributed by atoms with E-state index >= 15 is 0 Å². The molecule has 3 aromatic heterocycles. The molecule has 5 rings (SSSR count). The molecule has 0 saturated carbocycles. The smallest absolute Gasteiger partial charge is 0.475 e. The van der Waals surface area contributed by atoms with E-state index in [0.29, 0.717) is 28.5 Å². The fourth-order valence-corrected chi connectivity index (χ4v) is 3.23. The van der Waals surface area contributed by atoms with Gasteiger partial charge in [0.1, 0.15) is 5.52 Å². The molecule has 2 amide bonds. The quantitative estimate of drug-likeness (QED) is 0.262. The molecule has 0 radical (unpaired) electrons. The molecule has 0 atom stereocenters. The molecule has 0 bridgehead atoms. The molecule has 0 saturated heterocycles. The van der Waals surface area contributed by atoms with Gasteiger partial charge in [-0.05, 0) is 35.9 Å². The SMILES string of the molecule is Cc1nc2ccc(NC(=O)Nc3ccc(-c4ccnc5nc[nH]c45)cc3)cc2o1.O=C(O)C(F)(F)F. The zero-order chi connectivity index (χ0) is 25.9. The number of carboxylic acids is 1. The first kappa shape index (κ1) is 24.2. The van der Waals surface area contributed by atoms with Crippen molar-refractivity contribution in [3.05, 3.63) is 66.9 Å². The number of hydrogen-bond acceptors (Lipinski definition) is 6. The number of anilines is 2. The van der Waals surface area contributed by atoms with Gasteiger partial charge >= 0.3 is 18.2 Å². The number of alkyl halides is 3. The predicted octanol–water partition coefficient (Wildman–Crippen LogP) is 5.35. The lowest BCUT2D eigenvalue weighted by Gasteiger charge is -2.09. The van der Waals surface area contributed by atoms with E-state index in [-0.39, 0.29) is 6.03 Å². The maximum Gasteiger partial charge on any atom is 0.490 e. The van der Waals surface area contributed by atoms with Gasteiger partial charge in [-0.2, -0.15) is 13.2 Å². The van der Waals surface area contributed by atoms with Gasteiger partial charge in [0.05, 0.1) is 11.8 Å². The molecule has 36 heavy (non-hydrogen) atoms. The van der Waals surface area contributed by atoms with Gasteiger partial charge < -0.3 is 25.1 Å². The van der Waals surface area contributed by atoms with Crippen molar-refractivity contribution in [3.8, 4) is 11.1 Å². The third-order valence-corrected chi connectivity index (χ3v) is 4.78. The van der Waals surface area contributed by atoms with Crippen LogP contribution in [0.25, 0.3) is 33.4 Å². The Kier molecular flexibility index (Phi) is 6.54. The molecule has 184 valence electrons. The van der Waals surface area contributed by atoms with Crippen LogP contribution in [0.2, 0.25) is 0 Å². The lowest BCUT2D eigenvalue weighted by Crippen LogP contribution is -2.21. The number of nitrogens with one attached hydrogen (secondary N) is 3. The molecule has 4 N–H and O–H groups in total. The highest BCUT2D eigenvalue weighted by atomic mass is 19.4. The highest BCUT2D eigenvalue weighted by Gasteiger charge is 2.38. The third kappa shape index (κ3) is 5.58. The third-order valence-electron chi connectivity index (χ3n) is 4.78. The summed E-state index contributed by atoms with van der Waals surface area (Å²) in [5, 5.41) is 12.8. The maximum atomic E-state index is 12.3. The Morgan fingerprint density at radius 1 is 1.00 bits per heavy atom. The molecule has 10 nitrogen and oxygen atoms in total. The summed E-state index contributed by atoms with van der Waals surface area (Å²) in [5.74, 6) is -2.17. The molecule has 0 aliphatic heterocycles. The summed E-state index contributed by atoms with van der Waals surface area (Å²) < 4.78 is 37.2. The Bertz CT molecular complexity index is 1540. The molecule has 0 spiro atoms. The molecule has 0 aliphatic rings. The van der Waals surface area contributed by atoms with Gasteiger partial charge in [0.15, 0.2) is 17.1 Å². The Hall–Kier alpha value is -4.94. The zero-order valence-corrected chi connectivity index (χ0v) is 18.4. The molecular weight excluding hydrogens is 481 g/mol. The Labute approximate surface area is 200 Å². The van der Waals surface area contributed by atoms with Crippen molar-refractivity contribution >= 4 is 45.6 Å². The van der Waals surface area contributed by atoms with Crippen molar-refractivity contribution in [3.63, 3.8) is 0 Å². The van der Waals surface area contributed by atoms with E-state index in [1.807, 2.05) is 30.3 Å². The first-order valence-electron chi connectivity index (χ1n) is 10.2. The second kappa shape index (κ2) is 9.74. The molecule has 2 aromatic carbocycles. The number of imidazole rings is 1. The monoisotopic (exact) mass is 498 g/mol. The fraction of sp³-hybridized carbons (Fsp3) is 0.0870. The van der Waals surface area contributed by atoms with E-state index < -0.39 is 12.1 Å². The second-order valence-corrected chi connectivity index (χ2v) is 7.33. The van der Waals surface area contributed by atoms with Crippen LogP contribution in [0.4, 0.5) is 29.3 Å². The summed E-state index contributed by atoms with van der Waals surface area (Å²) in [5.41, 5.74) is 6.24. The number of carbonyl (C=O) groups is 2. The number of carboxylic acid groups (broad SMARTS) is 1. The highest BCUT2D eigenvalue weighted by molar-refractivity contribution is 6.01. The number of nitrogens with zero attached hydrogens (tertiary/aromatic N) is 3. The topological polar surface area (TPSA) is 146 Å². The molecular formula is C23H17F3N6O4. The van der Waals surface area contributed by atoms with Gasteiger partial charge in [-0.25, -0.2) is 24.5 Å². The van der Waals surface area contributed by atoms with Crippen molar-refractivity contribution in [1.29, 1.82) is 0 Å². The van der Waals surface area contributed by atoms with Crippen LogP contribution < -0.4 is 10.6 Å². The lowest BCUT2D eigenvalue weighted by atomic mass is 10.1. The van der Waals surface area contributed by atoms with Crippen molar-refractivity contribution < 1.29 is 32.3 Å². The van der Waals surface area contributed by atoms with Crippen LogP contribution >= 0.6 is 0 Å². The van der Waals surface area contributed by atoms with Crippen LogP contribution in [0.15, 0.2) is 65.5 Å². The van der Waals surface area contributed by atoms with Gasteiger partial charge in [-0.3, -0.25) is 0 Å². The number of pyridine rings is 1. The average molecular weight is 498 g/mol. The summed E-state index contributed by atoms with van der Waals surface area (Å²) in [6, 6.07) is 14.5. The number of amides is 2. The second-order valence-electron chi connectivity index (χ2n) is 7.33. The van der Waals surface area contributed by atoms with Crippen LogP contribution in [0.1, 0.15) is 5.89 Å². The van der Waals surface area contributed by atoms with Crippen molar-refractivity contribution in [2.45, 2.75) is 13.1 Å². The van der Waals surface area contributed by atoms with Gasteiger partial charge in [0, 0.05) is 36.1 Å². The van der Waals surface area contributed by atoms with Crippen LogP contribution in [0.5, 0.6) is 0 Å². The van der Waals surface area contributed by atoms with E-state index in [2.05, 4.69) is 30.6 Å². The number of aromatic amines is 1. The van der Waals surface area contributed by atoms with E-state index in [1.54, 1.807) is 37.6 Å². The minimum atomic E-state index is -5.08. The standard InChI is InChI=1S/C21H16N6O2.C2HF3O2/c1-12-25-17-7-6-15(10-18(17)29-12)27-21(28)26-14-4-2-13(3-5-14)16-8-9-22-20-19(16)23-11-24-20;3-2(4,5)1(6)7/h2-11H,1H3,(H,22,23,24)(H2,26,27,28);(H,6,7). The number of aliphatic carboxylic acids is 1. The Balaban J connectivity index is 0.000000384. The van der Waals surface area contributed by atoms with E-state index in [0.717, 1.165) is 22.2 Å². The fourth-order valence-electron chi connectivity index (χ4n) is 3.23. The van der Waals surface area contributed by atoms with Crippen molar-refractivity contribution in [2.75, 3.05) is 10.6 Å². The number of benzene rings is 2. The number of aromatic nitrogens is 4. The number of oxazole rings is 1. The van der Waals surface area contributed by atoms with Crippen LogP contribution in [0.3, 0.4) is 0 Å². The van der Waals surface area contributed by atoms with Crippen molar-refractivity contribution in [2.24, 2.45) is 0 Å². The summed E-state index contributed by atoms with van der Waals surface area (Å²) >= 11 is 0. The van der Waals surface area contributed by atoms with Gasteiger partial charge in [0.25, 0.3) is 0 Å². The van der Waals surface area contributed by atoms with E-state index in [9.17, 15) is 18.0 Å². The van der Waals surface area contributed by atoms with E-state index in [4.69, 9.17) is 14.3 Å². The zero-order valence-electron chi connectivity index (χ0n) is 18.4. The molecule has 0 fully saturated rings. The first-order valence-corrected chi connectivity index (χ1v) is 10.2. The summed E-state index contributed by atoms with van der Waals surface area (Å²) in [6.07, 6.45) is -1.73. The number of fused-ring (bicyclic) bond motifs is 2. The highest BCUT2D eigenvalue weighted by Crippen LogP contribution is 2.26. The largest absolute Gasteiger partial charge is 0.490 e. The molecule has 0 unspecified atom stereocenters. The summed E-state index contributed by atoms with van der Waals surface area (Å²) in [6.45, 7) is 1.78. The van der Waals surface area contributed by atoms with E-state index in [1.165, 1.54) is 0 Å². The number of urea groups is 1. The van der Waals surface area contributed by atoms with Gasteiger partial charge in [-0.1, -0.05) is 12.1 Å². The number of rotatable bonds is 3. The first-order chi connectivity index (χ1) is 17.1. The normalized spacial score (nSPS) is 11.1. The maximum absolute atomic E-state index is 12.3. The average Bonchev–Trinajstić information content (AvgIpc) is 3.44. The number of hydrogen-bond donors (Lipinski definition) is 4. The van der Waals surface area contributed by atoms with Crippen LogP contribution in [-0.4, -0.2) is 43.2 Å². The number of halogens is 3. The number of aryl methyl sites for hydroxylation is 1. The summed E-state index contributed by atoms with van der Waals surface area (Å²) in [7, 11) is 0. The van der Waals surface area contributed by atoms with Gasteiger partial charge in [-0.15, -0.1) is 0 Å². The molecule has 13 heteroatoms. The molecule has 0 aliphatic carbocycles. The Morgan fingerprint density at radius 3 is 2.36 bits per heavy atom. The van der Waals surface area contributed by atoms with Crippen molar-refractivity contribution in [1.82, 2.24) is 19.9 Å². The van der Waals surface area contributed by atoms with Gasteiger partial charge in [0.2, 0.25) is 0 Å².